The highest BCUT2D eigenvalue weighted by atomic mass is 15.5. The van der Waals surface area contributed by atoms with Crippen LogP contribution in [0.3, 0.4) is 0 Å². The highest BCUT2D eigenvalue weighted by Crippen LogP contribution is 2.28. The number of hydrogen-bond donors (Lipinski definition) is 0. The van der Waals surface area contributed by atoms with Crippen LogP contribution in [0.1, 0.15) is 34.6 Å². The van der Waals surface area contributed by atoms with Crippen LogP contribution >= 0.6 is 0 Å². The van der Waals surface area contributed by atoms with Crippen molar-refractivity contribution in [2.75, 3.05) is 27.4 Å². The Hall–Kier alpha value is -0.120. The molecule has 1 saturated heterocycles. The van der Waals surface area contributed by atoms with E-state index in [0.29, 0.717) is 17.6 Å². The molecule has 15 heavy (non-hydrogen) atoms. The molecule has 1 rings (SSSR count). The quantitative estimate of drug-likeness (QED) is 0.658. The van der Waals surface area contributed by atoms with Crippen molar-refractivity contribution < 1.29 is 0 Å². The van der Waals surface area contributed by atoms with Gasteiger partial charge in [0.05, 0.1) is 19.5 Å². The van der Waals surface area contributed by atoms with E-state index in [1.54, 1.807) is 0 Å². The summed E-state index contributed by atoms with van der Waals surface area (Å²) in [6.45, 7) is 13.6. The molecule has 0 atom stereocenters. The minimum absolute atomic E-state index is 0.312. The molecule has 0 aliphatic carbocycles. The molecule has 1 fully saturated rings. The second kappa shape index (κ2) is 4.40. The summed E-state index contributed by atoms with van der Waals surface area (Å²) in [6.07, 6.45) is 0.535. The lowest BCUT2D eigenvalue weighted by molar-refractivity contribution is -0.112. The summed E-state index contributed by atoms with van der Waals surface area (Å²) in [4.78, 5) is 7.38. The maximum absolute atomic E-state index is 2.49. The first-order valence-corrected chi connectivity index (χ1v) is 5.88. The fraction of sp³-hybridized carbons (Fsp3) is 1.00. The largest absolute Gasteiger partial charge is 0.277 e. The van der Waals surface area contributed by atoms with Gasteiger partial charge in [-0.1, -0.05) is 20.8 Å². The van der Waals surface area contributed by atoms with Gasteiger partial charge in [0.25, 0.3) is 0 Å². The average Bonchev–Trinajstić information content (AvgIpc) is 1.99. The van der Waals surface area contributed by atoms with Crippen LogP contribution in [-0.4, -0.2) is 54.3 Å². The standard InChI is InChI=1S/C12H27N3/c1-10(2)15-8-13(6)11(12(3,4)5)14(7)9-15/h10-11H,8-9H2,1-7H3. The molecule has 0 amide bonds. The zero-order valence-corrected chi connectivity index (χ0v) is 11.4. The third kappa shape index (κ3) is 2.92. The van der Waals surface area contributed by atoms with E-state index in [-0.39, 0.29) is 0 Å². The van der Waals surface area contributed by atoms with Crippen LogP contribution in [0.4, 0.5) is 0 Å². The Bertz CT molecular complexity index is 195. The van der Waals surface area contributed by atoms with Gasteiger partial charge in [0.2, 0.25) is 0 Å². The van der Waals surface area contributed by atoms with Gasteiger partial charge in [-0.25, -0.2) is 0 Å². The van der Waals surface area contributed by atoms with Crippen molar-refractivity contribution in [1.29, 1.82) is 0 Å². The SMILES string of the molecule is CC(C)N1CN(C)C(C(C)(C)C)N(C)C1. The molecule has 0 spiro atoms. The summed E-state index contributed by atoms with van der Waals surface area (Å²) in [5.41, 5.74) is 0.312. The molecule has 90 valence electrons. The molecule has 3 nitrogen and oxygen atoms in total. The lowest BCUT2D eigenvalue weighted by atomic mass is 9.90. The Balaban J connectivity index is 2.73. The Kier molecular flexibility index (Phi) is 3.80. The molecule has 0 bridgehead atoms. The summed E-state index contributed by atoms with van der Waals surface area (Å²) in [7, 11) is 4.45. The Morgan fingerprint density at radius 1 is 1.00 bits per heavy atom. The van der Waals surface area contributed by atoms with E-state index in [1.807, 2.05) is 0 Å². The van der Waals surface area contributed by atoms with Gasteiger partial charge in [-0.3, -0.25) is 14.7 Å². The predicted octanol–water partition coefficient (Wildman–Crippen LogP) is 1.86. The van der Waals surface area contributed by atoms with Crippen LogP contribution in [0.15, 0.2) is 0 Å². The molecular weight excluding hydrogens is 186 g/mol. The van der Waals surface area contributed by atoms with Crippen molar-refractivity contribution >= 4 is 0 Å². The lowest BCUT2D eigenvalue weighted by Crippen LogP contribution is -2.63. The Morgan fingerprint density at radius 2 is 1.40 bits per heavy atom. The fourth-order valence-corrected chi connectivity index (χ4v) is 2.76. The lowest BCUT2D eigenvalue weighted by Gasteiger charge is -2.51. The molecule has 1 aliphatic heterocycles. The molecule has 1 heterocycles. The number of rotatable bonds is 1. The first kappa shape index (κ1) is 12.9. The van der Waals surface area contributed by atoms with Crippen molar-refractivity contribution in [3.8, 4) is 0 Å². The molecule has 0 radical (unpaired) electrons. The maximum atomic E-state index is 2.49. The van der Waals surface area contributed by atoms with Crippen LogP contribution in [0.25, 0.3) is 0 Å². The Labute approximate surface area is 95.0 Å². The summed E-state index contributed by atoms with van der Waals surface area (Å²) >= 11 is 0. The Morgan fingerprint density at radius 3 is 1.67 bits per heavy atom. The van der Waals surface area contributed by atoms with Crippen LogP contribution in [0, 0.1) is 5.41 Å². The third-order valence-corrected chi connectivity index (χ3v) is 3.15. The molecular formula is C12H27N3. The summed E-state index contributed by atoms with van der Waals surface area (Å²) in [6, 6.07) is 0.621. The average molecular weight is 213 g/mol. The monoisotopic (exact) mass is 213 g/mol. The van der Waals surface area contributed by atoms with Gasteiger partial charge in [0.15, 0.2) is 0 Å². The molecule has 0 aromatic heterocycles. The van der Waals surface area contributed by atoms with E-state index in [2.05, 4.69) is 63.4 Å². The molecule has 0 N–H and O–H groups in total. The molecule has 0 saturated carbocycles. The summed E-state index contributed by atoms with van der Waals surface area (Å²) in [5, 5.41) is 0. The van der Waals surface area contributed by atoms with Gasteiger partial charge in [0.1, 0.15) is 0 Å². The van der Waals surface area contributed by atoms with Crippen LogP contribution in [0.2, 0.25) is 0 Å². The number of nitrogens with zero attached hydrogens (tertiary/aromatic N) is 3. The molecule has 0 aromatic carbocycles. The van der Waals surface area contributed by atoms with E-state index in [9.17, 15) is 0 Å². The highest BCUT2D eigenvalue weighted by Gasteiger charge is 2.36. The number of hydrogen-bond acceptors (Lipinski definition) is 3. The first-order valence-electron chi connectivity index (χ1n) is 5.88. The van der Waals surface area contributed by atoms with Gasteiger partial charge in [0, 0.05) is 6.04 Å². The topological polar surface area (TPSA) is 9.72 Å². The second-order valence-corrected chi connectivity index (χ2v) is 6.22. The first-order chi connectivity index (χ1) is 6.73. The molecule has 1 aliphatic rings. The van der Waals surface area contributed by atoms with Crippen molar-refractivity contribution in [3.63, 3.8) is 0 Å². The summed E-state index contributed by atoms with van der Waals surface area (Å²) < 4.78 is 0. The van der Waals surface area contributed by atoms with E-state index >= 15 is 0 Å². The molecule has 0 unspecified atom stereocenters. The van der Waals surface area contributed by atoms with Crippen molar-refractivity contribution in [3.05, 3.63) is 0 Å². The fourth-order valence-electron chi connectivity index (χ4n) is 2.76. The van der Waals surface area contributed by atoms with Gasteiger partial charge in [-0.05, 0) is 33.4 Å². The maximum Gasteiger partial charge on any atom is 0.0688 e. The van der Waals surface area contributed by atoms with Crippen LogP contribution in [0.5, 0.6) is 0 Å². The van der Waals surface area contributed by atoms with Gasteiger partial charge < -0.3 is 0 Å². The van der Waals surface area contributed by atoms with Gasteiger partial charge in [-0.15, -0.1) is 0 Å². The van der Waals surface area contributed by atoms with Crippen LogP contribution in [-0.2, 0) is 0 Å². The van der Waals surface area contributed by atoms with Crippen LogP contribution < -0.4 is 0 Å². The summed E-state index contributed by atoms with van der Waals surface area (Å²) in [5.74, 6) is 0. The van der Waals surface area contributed by atoms with Gasteiger partial charge in [-0.2, -0.15) is 0 Å². The third-order valence-electron chi connectivity index (χ3n) is 3.15. The predicted molar refractivity (Wildman–Crippen MR) is 65.5 cm³/mol. The minimum atomic E-state index is 0.312. The second-order valence-electron chi connectivity index (χ2n) is 6.22. The van der Waals surface area contributed by atoms with Crippen molar-refractivity contribution in [1.82, 2.24) is 14.7 Å². The van der Waals surface area contributed by atoms with E-state index in [0.717, 1.165) is 13.3 Å². The van der Waals surface area contributed by atoms with Gasteiger partial charge >= 0.3 is 0 Å². The van der Waals surface area contributed by atoms with Crippen molar-refractivity contribution in [2.24, 2.45) is 5.41 Å². The van der Waals surface area contributed by atoms with E-state index < -0.39 is 0 Å². The minimum Gasteiger partial charge on any atom is -0.277 e. The molecule has 0 aromatic rings. The van der Waals surface area contributed by atoms with E-state index in [4.69, 9.17) is 0 Å². The zero-order chi connectivity index (χ0) is 11.8. The van der Waals surface area contributed by atoms with E-state index in [1.165, 1.54) is 0 Å². The van der Waals surface area contributed by atoms with Crippen molar-refractivity contribution in [2.45, 2.75) is 46.8 Å². The highest BCUT2D eigenvalue weighted by molar-refractivity contribution is 4.84. The smallest absolute Gasteiger partial charge is 0.0688 e. The molecule has 3 heteroatoms. The zero-order valence-electron chi connectivity index (χ0n) is 11.4. The normalized spacial score (nSPS) is 24.0.